The molecule has 0 spiro atoms. The van der Waals surface area contributed by atoms with Crippen LogP contribution in [0.5, 0.6) is 0 Å². The third-order valence-corrected chi connectivity index (χ3v) is 6.14. The Morgan fingerprint density at radius 2 is 1.75 bits per heavy atom. The highest BCUT2D eigenvalue weighted by atomic mass is 16.5. The van der Waals surface area contributed by atoms with Crippen LogP contribution >= 0.6 is 0 Å². The summed E-state index contributed by atoms with van der Waals surface area (Å²) < 4.78 is 5.35. The summed E-state index contributed by atoms with van der Waals surface area (Å²) in [5, 5.41) is 3.36. The molecule has 8 heteroatoms. The van der Waals surface area contributed by atoms with Crippen LogP contribution in [-0.4, -0.2) is 76.6 Å². The predicted octanol–water partition coefficient (Wildman–Crippen LogP) is 2.97. The molecule has 2 aromatic rings. The number of carbonyl (C=O) groups excluding carboxylic acids is 1. The maximum Gasteiger partial charge on any atom is 0.227 e. The lowest BCUT2D eigenvalue weighted by Crippen LogP contribution is -2.43. The van der Waals surface area contributed by atoms with Crippen molar-refractivity contribution in [3.8, 4) is 0 Å². The molecule has 0 saturated carbocycles. The van der Waals surface area contributed by atoms with Gasteiger partial charge >= 0.3 is 0 Å². The Hall–Kier alpha value is -2.58. The number of carbonyl (C=O) groups is 1. The molecule has 4 heterocycles. The smallest absolute Gasteiger partial charge is 0.227 e. The van der Waals surface area contributed by atoms with E-state index in [2.05, 4.69) is 26.3 Å². The number of nitrogens with one attached hydrogen (secondary N) is 1. The molecule has 2 aliphatic rings. The lowest BCUT2D eigenvalue weighted by atomic mass is 9.93. The van der Waals surface area contributed by atoms with E-state index in [1.165, 1.54) is 0 Å². The zero-order valence-corrected chi connectivity index (χ0v) is 19.4. The number of hydrogen-bond donors (Lipinski definition) is 1. The predicted molar refractivity (Wildman–Crippen MR) is 124 cm³/mol. The van der Waals surface area contributed by atoms with Crippen molar-refractivity contribution in [3.05, 3.63) is 41.0 Å². The van der Waals surface area contributed by atoms with E-state index < -0.39 is 0 Å². The maximum absolute atomic E-state index is 12.5. The van der Waals surface area contributed by atoms with E-state index >= 15 is 0 Å². The molecule has 0 aromatic carbocycles. The van der Waals surface area contributed by atoms with Gasteiger partial charge in [0.1, 0.15) is 0 Å². The van der Waals surface area contributed by atoms with Crippen LogP contribution < -0.4 is 5.32 Å². The Morgan fingerprint density at radius 1 is 1.03 bits per heavy atom. The van der Waals surface area contributed by atoms with Crippen molar-refractivity contribution >= 4 is 17.5 Å². The zero-order valence-electron chi connectivity index (χ0n) is 19.4. The summed E-state index contributed by atoms with van der Waals surface area (Å²) in [4.78, 5) is 30.7. The summed E-state index contributed by atoms with van der Waals surface area (Å²) in [6.45, 7) is 11.5. The quantitative estimate of drug-likeness (QED) is 0.742. The summed E-state index contributed by atoms with van der Waals surface area (Å²) in [6, 6.07) is 6.13. The number of morpholine rings is 1. The largest absolute Gasteiger partial charge is 0.378 e. The van der Waals surface area contributed by atoms with E-state index in [1.807, 2.05) is 37.8 Å². The van der Waals surface area contributed by atoms with Crippen molar-refractivity contribution in [1.29, 1.82) is 0 Å². The zero-order chi connectivity index (χ0) is 22.5. The van der Waals surface area contributed by atoms with E-state index in [4.69, 9.17) is 9.72 Å². The van der Waals surface area contributed by atoms with Gasteiger partial charge in [-0.25, -0.2) is 9.97 Å². The first-order chi connectivity index (χ1) is 15.5. The fourth-order valence-electron chi connectivity index (χ4n) is 4.61. The first-order valence-electron chi connectivity index (χ1n) is 11.6. The van der Waals surface area contributed by atoms with Gasteiger partial charge in [0, 0.05) is 67.0 Å². The first kappa shape index (κ1) is 22.6. The highest BCUT2D eigenvalue weighted by Gasteiger charge is 2.24. The molecule has 8 nitrogen and oxygen atoms in total. The van der Waals surface area contributed by atoms with Gasteiger partial charge in [0.25, 0.3) is 0 Å². The van der Waals surface area contributed by atoms with Crippen molar-refractivity contribution < 1.29 is 9.53 Å². The van der Waals surface area contributed by atoms with Crippen molar-refractivity contribution in [2.75, 3.05) is 51.3 Å². The van der Waals surface area contributed by atoms with Gasteiger partial charge in [0.05, 0.1) is 13.2 Å². The van der Waals surface area contributed by atoms with Gasteiger partial charge in [-0.3, -0.25) is 9.78 Å². The molecule has 2 aliphatic heterocycles. The Balaban J connectivity index is 1.38. The number of anilines is 2. The second-order valence-electron chi connectivity index (χ2n) is 8.90. The van der Waals surface area contributed by atoms with E-state index in [0.717, 1.165) is 60.9 Å². The molecule has 2 fully saturated rings. The number of amides is 1. The van der Waals surface area contributed by atoms with E-state index in [0.29, 0.717) is 44.6 Å². The fourth-order valence-corrected chi connectivity index (χ4v) is 4.61. The third kappa shape index (κ3) is 6.01. The van der Waals surface area contributed by atoms with Gasteiger partial charge in [0.2, 0.25) is 11.9 Å². The minimum atomic E-state index is 0.240. The molecular weight excluding hydrogens is 404 g/mol. The van der Waals surface area contributed by atoms with Crippen molar-refractivity contribution in [1.82, 2.24) is 24.8 Å². The monoisotopic (exact) mass is 438 g/mol. The average molecular weight is 439 g/mol. The van der Waals surface area contributed by atoms with Crippen LogP contribution in [0.1, 0.15) is 48.0 Å². The second-order valence-corrected chi connectivity index (χ2v) is 8.90. The van der Waals surface area contributed by atoms with Gasteiger partial charge in [-0.15, -0.1) is 0 Å². The number of likely N-dealkylation sites (tertiary alicyclic amines) is 1. The summed E-state index contributed by atoms with van der Waals surface area (Å²) in [7, 11) is 0. The minimum Gasteiger partial charge on any atom is -0.378 e. The standard InChI is InChI=1S/C24H34N6O2/c1-17-13-18(2)27-24(26-17)28-21-14-19(3)25-22(15-21)20-5-4-7-29(16-20)8-6-23(31)30-9-11-32-12-10-30/h13-15,20H,4-12,16H2,1-3H3,(H,25,26,27,28). The van der Waals surface area contributed by atoms with Crippen LogP contribution in [-0.2, 0) is 9.53 Å². The van der Waals surface area contributed by atoms with Crippen molar-refractivity contribution in [2.45, 2.75) is 46.0 Å². The normalized spacial score (nSPS) is 19.7. The molecule has 0 aliphatic carbocycles. The summed E-state index contributed by atoms with van der Waals surface area (Å²) >= 11 is 0. The van der Waals surface area contributed by atoms with Crippen LogP contribution in [0.2, 0.25) is 0 Å². The maximum atomic E-state index is 12.5. The van der Waals surface area contributed by atoms with Gasteiger partial charge in [0.15, 0.2) is 0 Å². The van der Waals surface area contributed by atoms with Crippen LogP contribution in [0.4, 0.5) is 11.6 Å². The molecule has 1 unspecified atom stereocenters. The molecule has 2 saturated heterocycles. The summed E-state index contributed by atoms with van der Waals surface area (Å²) in [5.74, 6) is 1.22. The van der Waals surface area contributed by atoms with Crippen LogP contribution in [0, 0.1) is 20.8 Å². The van der Waals surface area contributed by atoms with Crippen molar-refractivity contribution in [2.24, 2.45) is 0 Å². The molecule has 1 amide bonds. The van der Waals surface area contributed by atoms with Crippen LogP contribution in [0.15, 0.2) is 18.2 Å². The first-order valence-corrected chi connectivity index (χ1v) is 11.6. The van der Waals surface area contributed by atoms with Crippen molar-refractivity contribution in [3.63, 3.8) is 0 Å². The number of piperidine rings is 1. The number of hydrogen-bond acceptors (Lipinski definition) is 7. The number of pyridine rings is 1. The Kier molecular flexibility index (Phi) is 7.32. The van der Waals surface area contributed by atoms with Crippen LogP contribution in [0.25, 0.3) is 0 Å². The average Bonchev–Trinajstić information content (AvgIpc) is 2.77. The molecule has 0 radical (unpaired) electrons. The molecule has 172 valence electrons. The lowest BCUT2D eigenvalue weighted by molar-refractivity contribution is -0.135. The third-order valence-electron chi connectivity index (χ3n) is 6.14. The molecule has 1 atom stereocenters. The number of ether oxygens (including phenoxy) is 1. The van der Waals surface area contributed by atoms with Gasteiger partial charge in [-0.05, 0) is 58.4 Å². The Labute approximate surface area is 190 Å². The number of rotatable bonds is 6. The van der Waals surface area contributed by atoms with Gasteiger partial charge < -0.3 is 19.9 Å². The summed E-state index contributed by atoms with van der Waals surface area (Å²) in [5.41, 5.74) is 4.94. The van der Waals surface area contributed by atoms with Crippen LogP contribution in [0.3, 0.4) is 0 Å². The highest BCUT2D eigenvalue weighted by Crippen LogP contribution is 2.28. The Bertz CT molecular complexity index is 924. The van der Waals surface area contributed by atoms with E-state index in [-0.39, 0.29) is 5.91 Å². The second kappa shape index (κ2) is 10.4. The molecule has 0 bridgehead atoms. The van der Waals surface area contributed by atoms with Gasteiger partial charge in [-0.1, -0.05) is 0 Å². The molecule has 4 rings (SSSR count). The van der Waals surface area contributed by atoms with Gasteiger partial charge in [-0.2, -0.15) is 0 Å². The van der Waals surface area contributed by atoms with E-state index in [1.54, 1.807) is 0 Å². The van der Waals surface area contributed by atoms with E-state index in [9.17, 15) is 4.79 Å². The molecule has 32 heavy (non-hydrogen) atoms. The number of aromatic nitrogens is 3. The fraction of sp³-hybridized carbons (Fsp3) is 0.583. The number of nitrogens with zero attached hydrogens (tertiary/aromatic N) is 5. The highest BCUT2D eigenvalue weighted by molar-refractivity contribution is 5.76. The topological polar surface area (TPSA) is 83.5 Å². The SMILES string of the molecule is Cc1cc(Nc2nc(C)cc(C)n2)cc(C2CCCN(CCC(=O)N3CCOCC3)C2)n1. The molecule has 1 N–H and O–H groups in total. The minimum absolute atomic E-state index is 0.240. The molecular formula is C24H34N6O2. The summed E-state index contributed by atoms with van der Waals surface area (Å²) in [6.07, 6.45) is 2.81. The lowest BCUT2D eigenvalue weighted by Gasteiger charge is -2.33. The Morgan fingerprint density at radius 3 is 2.50 bits per heavy atom. The number of aryl methyl sites for hydroxylation is 3. The molecule has 2 aromatic heterocycles.